The van der Waals surface area contributed by atoms with Crippen LogP contribution >= 0.6 is 0 Å². The summed E-state index contributed by atoms with van der Waals surface area (Å²) < 4.78 is 1.89. The van der Waals surface area contributed by atoms with Gasteiger partial charge >= 0.3 is 0 Å². The van der Waals surface area contributed by atoms with Crippen molar-refractivity contribution in [3.05, 3.63) is 24.0 Å². The lowest BCUT2D eigenvalue weighted by Crippen LogP contribution is -2.55. The molecule has 0 amide bonds. The van der Waals surface area contributed by atoms with Crippen LogP contribution in [0.3, 0.4) is 0 Å². The van der Waals surface area contributed by atoms with Crippen molar-refractivity contribution in [2.75, 3.05) is 0 Å². The fourth-order valence-corrected chi connectivity index (χ4v) is 8.86. The van der Waals surface area contributed by atoms with E-state index < -0.39 is 5.60 Å². The minimum absolute atomic E-state index is 0.132. The van der Waals surface area contributed by atoms with Crippen molar-refractivity contribution >= 4 is 5.78 Å². The van der Waals surface area contributed by atoms with Crippen LogP contribution in [0.4, 0.5) is 0 Å². The van der Waals surface area contributed by atoms with Gasteiger partial charge in [-0.05, 0) is 105 Å². The van der Waals surface area contributed by atoms with E-state index in [1.54, 1.807) is 12.3 Å². The average molecular weight is 423 g/mol. The number of Topliss-reactive ketones (excluding diaryl/α,β-unsaturated/α-hetero) is 1. The number of fused-ring (bicyclic) bond motifs is 5. The van der Waals surface area contributed by atoms with Gasteiger partial charge in [-0.2, -0.15) is 5.26 Å². The number of nitriles is 1. The van der Waals surface area contributed by atoms with E-state index in [4.69, 9.17) is 5.26 Å². The first kappa shape index (κ1) is 21.3. The van der Waals surface area contributed by atoms with Crippen molar-refractivity contribution in [3.8, 4) is 6.07 Å². The Morgan fingerprint density at radius 1 is 1.10 bits per heavy atom. The second kappa shape index (κ2) is 7.20. The van der Waals surface area contributed by atoms with Crippen molar-refractivity contribution in [2.24, 2.45) is 40.4 Å². The van der Waals surface area contributed by atoms with Gasteiger partial charge in [-0.25, -0.2) is 0 Å². The highest BCUT2D eigenvalue weighted by Gasteiger charge is 2.61. The van der Waals surface area contributed by atoms with Gasteiger partial charge in [0.1, 0.15) is 6.07 Å². The van der Waals surface area contributed by atoms with E-state index in [0.29, 0.717) is 35.1 Å². The Morgan fingerprint density at radius 3 is 2.61 bits per heavy atom. The summed E-state index contributed by atoms with van der Waals surface area (Å²) in [5.74, 6) is 3.35. The molecule has 0 aliphatic heterocycles. The molecule has 31 heavy (non-hydrogen) atoms. The zero-order valence-electron chi connectivity index (χ0n) is 19.4. The number of rotatable bonds is 3. The Balaban J connectivity index is 1.34. The molecular weight excluding hydrogens is 384 g/mol. The molecule has 8 atom stereocenters. The molecule has 0 spiro atoms. The minimum Gasteiger partial charge on any atom is -0.390 e. The Kier molecular flexibility index (Phi) is 4.94. The standard InChI is InChI=1S/C27H38N2O2/c1-25(31)11-12-26(2)19(14-25)4-5-20-21-6-7-23(27(21,3)10-8-22(20)26)24(30)17-29-13-9-18(15-28)16-29/h9,13,16,19-23,31H,4-8,10-12,14,17H2,1-3H3/t19-,20+,21+,22+,23-,25-,26+,27+/m1/s1. The number of carbonyl (C=O) groups excluding carboxylic acids is 1. The first-order valence-corrected chi connectivity index (χ1v) is 12.5. The quantitative estimate of drug-likeness (QED) is 0.715. The zero-order chi connectivity index (χ0) is 22.0. The lowest BCUT2D eigenvalue weighted by atomic mass is 9.44. The van der Waals surface area contributed by atoms with Crippen molar-refractivity contribution in [1.29, 1.82) is 5.26 Å². The first-order chi connectivity index (χ1) is 14.7. The summed E-state index contributed by atoms with van der Waals surface area (Å²) in [5.41, 5.74) is 0.648. The van der Waals surface area contributed by atoms with Gasteiger partial charge in [0.25, 0.3) is 0 Å². The van der Waals surface area contributed by atoms with Crippen LogP contribution < -0.4 is 0 Å². The summed E-state index contributed by atoms with van der Waals surface area (Å²) in [6.07, 6.45) is 13.9. The monoisotopic (exact) mass is 422 g/mol. The molecule has 5 rings (SSSR count). The highest BCUT2D eigenvalue weighted by Crippen LogP contribution is 2.68. The molecule has 4 aliphatic rings. The molecule has 4 aliphatic carbocycles. The van der Waals surface area contributed by atoms with Gasteiger partial charge in [0.15, 0.2) is 5.78 Å². The highest BCUT2D eigenvalue weighted by atomic mass is 16.3. The highest BCUT2D eigenvalue weighted by molar-refractivity contribution is 5.82. The van der Waals surface area contributed by atoms with E-state index in [-0.39, 0.29) is 11.3 Å². The summed E-state index contributed by atoms with van der Waals surface area (Å²) in [6, 6.07) is 3.95. The Bertz CT molecular complexity index is 911. The van der Waals surface area contributed by atoms with E-state index in [1.807, 2.05) is 17.7 Å². The summed E-state index contributed by atoms with van der Waals surface area (Å²) in [6.45, 7) is 7.38. The van der Waals surface area contributed by atoms with Crippen LogP contribution in [0, 0.1) is 51.8 Å². The van der Waals surface area contributed by atoms with Gasteiger partial charge < -0.3 is 9.67 Å². The van der Waals surface area contributed by atoms with Gasteiger partial charge in [-0.3, -0.25) is 4.79 Å². The van der Waals surface area contributed by atoms with Gasteiger partial charge in [0.05, 0.1) is 17.7 Å². The molecule has 4 nitrogen and oxygen atoms in total. The molecule has 1 N–H and O–H groups in total. The fraction of sp³-hybridized carbons (Fsp3) is 0.778. The molecule has 1 aromatic rings. The second-order valence-electron chi connectivity index (χ2n) is 12.2. The number of ketones is 1. The Labute approximate surface area is 187 Å². The van der Waals surface area contributed by atoms with Crippen LogP contribution in [0.5, 0.6) is 0 Å². The molecule has 1 heterocycles. The molecule has 0 bridgehead atoms. The van der Waals surface area contributed by atoms with E-state index in [2.05, 4.69) is 19.9 Å². The summed E-state index contributed by atoms with van der Waals surface area (Å²) in [7, 11) is 0. The van der Waals surface area contributed by atoms with Crippen molar-refractivity contribution in [2.45, 2.75) is 90.7 Å². The van der Waals surface area contributed by atoms with E-state index in [1.165, 1.54) is 32.1 Å². The van der Waals surface area contributed by atoms with Gasteiger partial charge in [0.2, 0.25) is 0 Å². The van der Waals surface area contributed by atoms with E-state index >= 15 is 0 Å². The van der Waals surface area contributed by atoms with E-state index in [0.717, 1.165) is 37.5 Å². The molecule has 0 saturated heterocycles. The summed E-state index contributed by atoms with van der Waals surface area (Å²) >= 11 is 0. The zero-order valence-corrected chi connectivity index (χ0v) is 19.4. The van der Waals surface area contributed by atoms with Crippen LogP contribution in [-0.4, -0.2) is 21.1 Å². The molecule has 4 heteroatoms. The normalized spacial score (nSPS) is 46.5. The largest absolute Gasteiger partial charge is 0.390 e. The van der Waals surface area contributed by atoms with Crippen LogP contribution in [0.2, 0.25) is 0 Å². The third kappa shape index (κ3) is 3.30. The molecule has 168 valence electrons. The maximum absolute atomic E-state index is 13.4. The lowest BCUT2D eigenvalue weighted by Gasteiger charge is -2.61. The Hall–Kier alpha value is -1.60. The van der Waals surface area contributed by atoms with Crippen molar-refractivity contribution < 1.29 is 9.90 Å². The lowest BCUT2D eigenvalue weighted by molar-refractivity contribution is -0.151. The fourth-order valence-electron chi connectivity index (χ4n) is 8.86. The smallest absolute Gasteiger partial charge is 0.156 e. The number of hydrogen-bond acceptors (Lipinski definition) is 3. The maximum atomic E-state index is 13.4. The summed E-state index contributed by atoms with van der Waals surface area (Å²) in [4.78, 5) is 13.4. The number of hydrogen-bond donors (Lipinski definition) is 1. The predicted molar refractivity (Wildman–Crippen MR) is 120 cm³/mol. The van der Waals surface area contributed by atoms with Gasteiger partial charge in [-0.1, -0.05) is 13.8 Å². The third-order valence-electron chi connectivity index (χ3n) is 10.6. The first-order valence-electron chi connectivity index (χ1n) is 12.5. The minimum atomic E-state index is -0.477. The van der Waals surface area contributed by atoms with E-state index in [9.17, 15) is 9.90 Å². The van der Waals surface area contributed by atoms with Gasteiger partial charge in [0, 0.05) is 18.3 Å². The molecule has 0 radical (unpaired) electrons. The van der Waals surface area contributed by atoms with Crippen LogP contribution in [0.15, 0.2) is 18.5 Å². The molecule has 0 aromatic carbocycles. The third-order valence-corrected chi connectivity index (χ3v) is 10.6. The van der Waals surface area contributed by atoms with Crippen molar-refractivity contribution in [1.82, 2.24) is 4.57 Å². The SMILES string of the molecule is C[C@@]1(O)CC[C@@]2(C)[C@H](CC[C@@H]3[C@@H]2CC[C@]2(C)[C@@H](C(=O)Cn4ccc(C#N)c4)CC[C@@H]32)C1. The van der Waals surface area contributed by atoms with Crippen LogP contribution in [0.25, 0.3) is 0 Å². The maximum Gasteiger partial charge on any atom is 0.156 e. The average Bonchev–Trinajstić information content (AvgIpc) is 3.31. The van der Waals surface area contributed by atoms with Crippen LogP contribution in [-0.2, 0) is 11.3 Å². The molecule has 4 fully saturated rings. The predicted octanol–water partition coefficient (Wildman–Crippen LogP) is 5.34. The number of carbonyl (C=O) groups is 1. The van der Waals surface area contributed by atoms with Gasteiger partial charge in [-0.15, -0.1) is 0 Å². The summed E-state index contributed by atoms with van der Waals surface area (Å²) in [5, 5.41) is 19.8. The second-order valence-corrected chi connectivity index (χ2v) is 12.2. The number of aliphatic hydroxyl groups is 1. The molecule has 0 unspecified atom stereocenters. The Morgan fingerprint density at radius 2 is 1.87 bits per heavy atom. The van der Waals surface area contributed by atoms with Crippen LogP contribution in [0.1, 0.15) is 84.1 Å². The molecule has 4 saturated carbocycles. The molecule has 1 aromatic heterocycles. The van der Waals surface area contributed by atoms with Crippen molar-refractivity contribution in [3.63, 3.8) is 0 Å². The number of nitrogens with zero attached hydrogens (tertiary/aromatic N) is 2. The topological polar surface area (TPSA) is 66.0 Å². The molecular formula is C27H38N2O2. The number of aromatic nitrogens is 1.